The summed E-state index contributed by atoms with van der Waals surface area (Å²) in [6.45, 7) is 3.47. The number of hydrogen-bond acceptors (Lipinski definition) is 5. The molecule has 0 atom stereocenters. The van der Waals surface area contributed by atoms with E-state index in [1.807, 2.05) is 9.80 Å². The second-order valence-corrected chi connectivity index (χ2v) is 11.2. The van der Waals surface area contributed by atoms with Gasteiger partial charge in [-0.15, -0.1) is 4.40 Å². The van der Waals surface area contributed by atoms with Gasteiger partial charge in [0.15, 0.2) is 0 Å². The molecule has 2 amide bonds. The van der Waals surface area contributed by atoms with E-state index in [9.17, 15) is 18.0 Å². The molecule has 0 N–H and O–H groups in total. The van der Waals surface area contributed by atoms with E-state index in [-0.39, 0.29) is 22.6 Å². The lowest BCUT2D eigenvalue weighted by atomic mass is 9.94. The van der Waals surface area contributed by atoms with Crippen LogP contribution in [0, 0.1) is 5.92 Å². The minimum atomic E-state index is -3.82. The number of piperidine rings is 2. The maximum atomic E-state index is 13.2. The Kier molecular flexibility index (Phi) is 6.16. The molecule has 1 aromatic rings. The molecule has 0 radical (unpaired) electrons. The molecule has 5 rings (SSSR count). The lowest BCUT2D eigenvalue weighted by molar-refractivity contribution is -0.137. The van der Waals surface area contributed by atoms with E-state index in [0.717, 1.165) is 51.7 Å². The maximum Gasteiger partial charge on any atom is 0.286 e. The summed E-state index contributed by atoms with van der Waals surface area (Å²) in [5, 5.41) is 0. The smallest absolute Gasteiger partial charge is 0.286 e. The van der Waals surface area contributed by atoms with Crippen molar-refractivity contribution in [3.8, 4) is 0 Å². The molecule has 8 nitrogen and oxygen atoms in total. The number of anilines is 1. The van der Waals surface area contributed by atoms with Gasteiger partial charge in [-0.1, -0.05) is 6.42 Å². The monoisotopic (exact) mass is 472 g/mol. The average Bonchev–Trinajstić information content (AvgIpc) is 3.08. The Morgan fingerprint density at radius 2 is 1.55 bits per heavy atom. The van der Waals surface area contributed by atoms with Crippen LogP contribution in [-0.2, 0) is 14.8 Å². The highest BCUT2D eigenvalue weighted by Crippen LogP contribution is 2.35. The van der Waals surface area contributed by atoms with Crippen molar-refractivity contribution < 1.29 is 18.0 Å². The molecule has 4 heterocycles. The second-order valence-electron chi connectivity index (χ2n) is 9.58. The number of nitrogens with zero attached hydrogens (tertiary/aromatic N) is 4. The van der Waals surface area contributed by atoms with Crippen molar-refractivity contribution in [3.63, 3.8) is 0 Å². The highest BCUT2D eigenvalue weighted by molar-refractivity contribution is 7.90. The Hall–Kier alpha value is -2.42. The summed E-state index contributed by atoms with van der Waals surface area (Å²) in [5.74, 6) is 0.640. The van der Waals surface area contributed by atoms with Crippen molar-refractivity contribution in [1.82, 2.24) is 9.80 Å². The van der Waals surface area contributed by atoms with Gasteiger partial charge >= 0.3 is 0 Å². The largest absolute Gasteiger partial charge is 0.342 e. The zero-order valence-corrected chi connectivity index (χ0v) is 19.9. The van der Waals surface area contributed by atoms with E-state index in [2.05, 4.69) is 4.40 Å². The SMILES string of the molecule is O=C(c1ccc2c(c1)S(=O)(=O)N=C1CCCCCN12)N1CCC(C(=O)N2CCCCC2)CC1. The molecule has 0 saturated carbocycles. The van der Waals surface area contributed by atoms with E-state index in [1.54, 1.807) is 17.0 Å². The molecule has 3 saturated heterocycles. The summed E-state index contributed by atoms with van der Waals surface area (Å²) in [6, 6.07) is 4.98. The van der Waals surface area contributed by atoms with Crippen LogP contribution in [0.25, 0.3) is 0 Å². The van der Waals surface area contributed by atoms with Crippen LogP contribution in [0.4, 0.5) is 5.69 Å². The molecule has 0 aromatic heterocycles. The van der Waals surface area contributed by atoms with Crippen LogP contribution in [-0.4, -0.2) is 68.6 Å². The molecule has 33 heavy (non-hydrogen) atoms. The van der Waals surface area contributed by atoms with Gasteiger partial charge in [0.05, 0.1) is 5.69 Å². The third-order valence-corrected chi connectivity index (χ3v) is 8.73. The molecule has 0 spiro atoms. The second kappa shape index (κ2) is 9.08. The Bertz CT molecular complexity index is 1070. The Balaban J connectivity index is 1.29. The molecule has 4 aliphatic heterocycles. The Labute approximate surface area is 195 Å². The number of fused-ring (bicyclic) bond motifs is 3. The zero-order chi connectivity index (χ0) is 23.0. The quantitative estimate of drug-likeness (QED) is 0.660. The number of likely N-dealkylation sites (tertiary alicyclic amines) is 2. The first-order valence-corrected chi connectivity index (χ1v) is 13.7. The van der Waals surface area contributed by atoms with Crippen LogP contribution < -0.4 is 4.90 Å². The molecule has 4 aliphatic rings. The van der Waals surface area contributed by atoms with Crippen LogP contribution in [0.5, 0.6) is 0 Å². The fourth-order valence-electron chi connectivity index (χ4n) is 5.50. The van der Waals surface area contributed by atoms with E-state index in [1.165, 1.54) is 12.5 Å². The van der Waals surface area contributed by atoms with Crippen molar-refractivity contribution in [1.29, 1.82) is 0 Å². The topological polar surface area (TPSA) is 90.4 Å². The molecule has 0 unspecified atom stereocenters. The van der Waals surface area contributed by atoms with Crippen molar-refractivity contribution in [2.75, 3.05) is 37.6 Å². The standard InChI is InChI=1S/C24H32N4O4S/c29-23(26-12-4-2-5-13-26)18-10-15-27(16-11-18)24(30)19-8-9-20-21(17-19)33(31,32)25-22-7-3-1-6-14-28(20)22/h8-9,17-18H,1-7,10-16H2. The van der Waals surface area contributed by atoms with Gasteiger partial charge in [-0.2, -0.15) is 8.42 Å². The molecule has 9 heteroatoms. The van der Waals surface area contributed by atoms with Gasteiger partial charge < -0.3 is 14.7 Å². The molecule has 1 aromatic carbocycles. The van der Waals surface area contributed by atoms with Crippen LogP contribution in [0.15, 0.2) is 27.5 Å². The molecule has 0 aliphatic carbocycles. The number of carbonyl (C=O) groups is 2. The maximum absolute atomic E-state index is 13.2. The summed E-state index contributed by atoms with van der Waals surface area (Å²) in [7, 11) is -3.82. The lowest BCUT2D eigenvalue weighted by Gasteiger charge is -2.35. The first kappa shape index (κ1) is 22.4. The minimum Gasteiger partial charge on any atom is -0.342 e. The van der Waals surface area contributed by atoms with Gasteiger partial charge in [0.1, 0.15) is 10.7 Å². The van der Waals surface area contributed by atoms with Crippen molar-refractivity contribution in [2.45, 2.75) is 62.7 Å². The number of sulfonamides is 1. The van der Waals surface area contributed by atoms with E-state index in [4.69, 9.17) is 0 Å². The van der Waals surface area contributed by atoms with Gasteiger partial charge in [-0.05, 0) is 63.1 Å². The predicted octanol–water partition coefficient (Wildman–Crippen LogP) is 3.03. The number of amides is 2. The Morgan fingerprint density at radius 3 is 2.30 bits per heavy atom. The molecule has 3 fully saturated rings. The highest BCUT2D eigenvalue weighted by Gasteiger charge is 2.34. The summed E-state index contributed by atoms with van der Waals surface area (Å²) in [4.78, 5) is 31.9. The van der Waals surface area contributed by atoms with Gasteiger partial charge in [0, 0.05) is 50.6 Å². The molecule has 178 valence electrons. The van der Waals surface area contributed by atoms with Crippen molar-refractivity contribution in [3.05, 3.63) is 23.8 Å². The fraction of sp³-hybridized carbons (Fsp3) is 0.625. The number of hydrogen-bond donors (Lipinski definition) is 0. The average molecular weight is 473 g/mol. The van der Waals surface area contributed by atoms with Crippen LogP contribution in [0.1, 0.15) is 68.1 Å². The summed E-state index contributed by atoms with van der Waals surface area (Å²) in [5.41, 5.74) is 0.996. The minimum absolute atomic E-state index is 0.0214. The van der Waals surface area contributed by atoms with E-state index in [0.29, 0.717) is 49.4 Å². The summed E-state index contributed by atoms with van der Waals surface area (Å²) >= 11 is 0. The number of rotatable bonds is 2. The van der Waals surface area contributed by atoms with Gasteiger partial charge in [0.25, 0.3) is 15.9 Å². The van der Waals surface area contributed by atoms with E-state index >= 15 is 0 Å². The molecule has 0 bridgehead atoms. The van der Waals surface area contributed by atoms with Crippen molar-refractivity contribution in [2.24, 2.45) is 10.3 Å². The molecular weight excluding hydrogens is 440 g/mol. The Morgan fingerprint density at radius 1 is 0.848 bits per heavy atom. The van der Waals surface area contributed by atoms with Gasteiger partial charge in [0.2, 0.25) is 5.91 Å². The molecular formula is C24H32N4O4S. The first-order valence-electron chi connectivity index (χ1n) is 12.3. The zero-order valence-electron chi connectivity index (χ0n) is 19.0. The van der Waals surface area contributed by atoms with Gasteiger partial charge in [-0.25, -0.2) is 0 Å². The number of carbonyl (C=O) groups excluding carboxylic acids is 2. The van der Waals surface area contributed by atoms with Crippen molar-refractivity contribution >= 4 is 33.4 Å². The number of benzene rings is 1. The highest BCUT2D eigenvalue weighted by atomic mass is 32.2. The normalized spacial score (nSPS) is 23.3. The third kappa shape index (κ3) is 4.39. The predicted molar refractivity (Wildman–Crippen MR) is 126 cm³/mol. The summed E-state index contributed by atoms with van der Waals surface area (Å²) in [6.07, 6.45) is 8.30. The fourth-order valence-corrected chi connectivity index (χ4v) is 6.78. The van der Waals surface area contributed by atoms with E-state index < -0.39 is 10.0 Å². The summed E-state index contributed by atoms with van der Waals surface area (Å²) < 4.78 is 29.8. The first-order chi connectivity index (χ1) is 15.9. The van der Waals surface area contributed by atoms with Crippen LogP contribution >= 0.6 is 0 Å². The lowest BCUT2D eigenvalue weighted by Crippen LogP contribution is -2.45. The third-order valence-electron chi connectivity index (χ3n) is 7.39. The van der Waals surface area contributed by atoms with Crippen LogP contribution in [0.3, 0.4) is 0 Å². The van der Waals surface area contributed by atoms with Gasteiger partial charge in [-0.3, -0.25) is 9.59 Å². The van der Waals surface area contributed by atoms with Crippen LogP contribution in [0.2, 0.25) is 0 Å². The number of amidine groups is 1.